The lowest BCUT2D eigenvalue weighted by atomic mass is 9.79. The number of nitrogens with zero attached hydrogens (tertiary/aromatic N) is 3. The number of likely N-dealkylation sites (N-methyl/N-ethyl adjacent to an activating group) is 1. The van der Waals surface area contributed by atoms with Gasteiger partial charge in [-0.15, -0.1) is 0 Å². The number of likely N-dealkylation sites (tertiary alicyclic amines) is 1. The van der Waals surface area contributed by atoms with Crippen LogP contribution in [0.5, 0.6) is 5.88 Å². The standard InChI is InChI=1S/C22H30BF4N3O6/c1-19(2)20(3,4)36-23(35-19)12-8-13(16(34-7)28-9-12)17(31)29(6)15-11-30(10-14(15)24)18(32)21(5,33)22(25,26)27/h8-9,14-15,33H,10-11H2,1-7H3/t14-,15+,21?/m0/s1. The third kappa shape index (κ3) is 4.77. The van der Waals surface area contributed by atoms with E-state index in [4.69, 9.17) is 14.0 Å². The lowest BCUT2D eigenvalue weighted by Gasteiger charge is -2.32. The summed E-state index contributed by atoms with van der Waals surface area (Å²) in [5.74, 6) is -2.49. The Kier molecular flexibility index (Phi) is 7.14. The summed E-state index contributed by atoms with van der Waals surface area (Å²) in [4.78, 5) is 31.3. The van der Waals surface area contributed by atoms with Gasteiger partial charge in [0.15, 0.2) is 0 Å². The fraction of sp³-hybridized carbons (Fsp3) is 0.682. The van der Waals surface area contributed by atoms with Crippen LogP contribution in [0.1, 0.15) is 45.0 Å². The topological polar surface area (TPSA) is 101 Å². The molecule has 0 radical (unpaired) electrons. The van der Waals surface area contributed by atoms with Crippen molar-refractivity contribution < 1.29 is 46.3 Å². The van der Waals surface area contributed by atoms with E-state index in [0.29, 0.717) is 17.3 Å². The number of aliphatic hydroxyl groups is 1. The van der Waals surface area contributed by atoms with Gasteiger partial charge in [-0.3, -0.25) is 9.59 Å². The zero-order valence-electron chi connectivity index (χ0n) is 21.1. The van der Waals surface area contributed by atoms with Crippen molar-refractivity contribution in [1.82, 2.24) is 14.8 Å². The molecule has 200 valence electrons. The molecule has 2 amide bonds. The first-order chi connectivity index (χ1) is 16.3. The van der Waals surface area contributed by atoms with E-state index < -0.39 is 67.2 Å². The number of ether oxygens (including phenoxy) is 1. The van der Waals surface area contributed by atoms with Crippen molar-refractivity contribution in [2.45, 2.75) is 69.8 Å². The van der Waals surface area contributed by atoms with E-state index in [-0.39, 0.29) is 11.4 Å². The van der Waals surface area contributed by atoms with E-state index in [1.165, 1.54) is 26.4 Å². The van der Waals surface area contributed by atoms with Crippen LogP contribution in [0.3, 0.4) is 0 Å². The summed E-state index contributed by atoms with van der Waals surface area (Å²) in [5.41, 5.74) is -4.64. The molecule has 1 aromatic rings. The van der Waals surface area contributed by atoms with Gasteiger partial charge in [0.05, 0.1) is 30.9 Å². The third-order valence-electron chi connectivity index (χ3n) is 7.11. The lowest BCUT2D eigenvalue weighted by Crippen LogP contribution is -2.56. The Morgan fingerprint density at radius 1 is 1.22 bits per heavy atom. The number of aromatic nitrogens is 1. The number of carbonyl (C=O) groups is 2. The Morgan fingerprint density at radius 2 is 1.78 bits per heavy atom. The van der Waals surface area contributed by atoms with Crippen molar-refractivity contribution in [1.29, 1.82) is 0 Å². The molecule has 3 atom stereocenters. The molecule has 3 rings (SSSR count). The maximum Gasteiger partial charge on any atom is 0.496 e. The number of rotatable bonds is 5. The van der Waals surface area contributed by atoms with Gasteiger partial charge in [-0.1, -0.05) is 0 Å². The zero-order chi connectivity index (χ0) is 27.4. The number of hydrogen-bond acceptors (Lipinski definition) is 7. The van der Waals surface area contributed by atoms with Crippen LogP contribution in [0, 0.1) is 0 Å². The molecule has 14 heteroatoms. The lowest BCUT2D eigenvalue weighted by molar-refractivity contribution is -0.249. The average Bonchev–Trinajstić information content (AvgIpc) is 3.26. The summed E-state index contributed by atoms with van der Waals surface area (Å²) in [6, 6.07) is 0.169. The van der Waals surface area contributed by atoms with Crippen molar-refractivity contribution in [2.75, 3.05) is 27.2 Å². The number of alkyl halides is 4. The second kappa shape index (κ2) is 9.14. The molecule has 2 aliphatic heterocycles. The quantitative estimate of drug-likeness (QED) is 0.463. The molecule has 0 aliphatic carbocycles. The minimum absolute atomic E-state index is 0.0496. The highest BCUT2D eigenvalue weighted by molar-refractivity contribution is 6.62. The normalized spacial score (nSPS) is 25.0. The van der Waals surface area contributed by atoms with Gasteiger partial charge in [-0.05, 0) is 40.7 Å². The van der Waals surface area contributed by atoms with Crippen molar-refractivity contribution in [3.05, 3.63) is 17.8 Å². The van der Waals surface area contributed by atoms with Crippen molar-refractivity contribution >= 4 is 24.4 Å². The minimum Gasteiger partial charge on any atom is -0.480 e. The van der Waals surface area contributed by atoms with Crippen molar-refractivity contribution in [2.24, 2.45) is 0 Å². The maximum absolute atomic E-state index is 14.9. The Morgan fingerprint density at radius 3 is 2.28 bits per heavy atom. The smallest absolute Gasteiger partial charge is 0.480 e. The highest BCUT2D eigenvalue weighted by Gasteiger charge is 2.58. The number of methoxy groups -OCH3 is 1. The molecule has 2 fully saturated rings. The van der Waals surface area contributed by atoms with Crippen LogP contribution in [0.2, 0.25) is 0 Å². The molecule has 0 aromatic carbocycles. The first-order valence-corrected chi connectivity index (χ1v) is 11.2. The highest BCUT2D eigenvalue weighted by atomic mass is 19.4. The van der Waals surface area contributed by atoms with Gasteiger partial charge in [-0.2, -0.15) is 13.2 Å². The fourth-order valence-electron chi connectivity index (χ4n) is 3.94. The minimum atomic E-state index is -5.25. The highest BCUT2D eigenvalue weighted by Crippen LogP contribution is 2.37. The van der Waals surface area contributed by atoms with E-state index in [2.05, 4.69) is 4.98 Å². The monoisotopic (exact) mass is 519 g/mol. The van der Waals surface area contributed by atoms with E-state index in [1.807, 2.05) is 27.7 Å². The van der Waals surface area contributed by atoms with E-state index >= 15 is 0 Å². The summed E-state index contributed by atoms with van der Waals surface area (Å²) in [6.07, 6.45) is -5.68. The molecular formula is C22H30BF4N3O6. The summed E-state index contributed by atoms with van der Waals surface area (Å²) >= 11 is 0. The third-order valence-corrected chi connectivity index (χ3v) is 7.11. The summed E-state index contributed by atoms with van der Waals surface area (Å²) in [7, 11) is 1.71. The fourth-order valence-corrected chi connectivity index (χ4v) is 3.94. The largest absolute Gasteiger partial charge is 0.496 e. The Balaban J connectivity index is 1.84. The SMILES string of the molecule is COc1ncc(B2OC(C)(C)C(C)(C)O2)cc1C(=O)N(C)[C@@H]1CN(C(=O)C(C)(O)C(F)(F)F)C[C@@H]1F. The van der Waals surface area contributed by atoms with Crippen LogP contribution in [0.15, 0.2) is 12.3 Å². The van der Waals surface area contributed by atoms with Crippen LogP contribution in [-0.4, -0.2) is 101 Å². The van der Waals surface area contributed by atoms with Crippen LogP contribution in [0.25, 0.3) is 0 Å². The van der Waals surface area contributed by atoms with Gasteiger partial charge in [0, 0.05) is 25.3 Å². The van der Waals surface area contributed by atoms with Crippen LogP contribution < -0.4 is 10.2 Å². The molecular weight excluding hydrogens is 489 g/mol. The van der Waals surface area contributed by atoms with E-state index in [9.17, 15) is 32.3 Å². The number of carbonyl (C=O) groups excluding carboxylic acids is 2. The predicted octanol–water partition coefficient (Wildman–Crippen LogP) is 1.32. The molecule has 2 saturated heterocycles. The summed E-state index contributed by atoms with van der Waals surface area (Å²) < 4.78 is 71.3. The van der Waals surface area contributed by atoms with Crippen LogP contribution in [0.4, 0.5) is 17.6 Å². The number of pyridine rings is 1. The van der Waals surface area contributed by atoms with Crippen molar-refractivity contribution in [3.63, 3.8) is 0 Å². The first-order valence-electron chi connectivity index (χ1n) is 11.2. The van der Waals surface area contributed by atoms with Gasteiger partial charge >= 0.3 is 13.3 Å². The van der Waals surface area contributed by atoms with Gasteiger partial charge in [0.1, 0.15) is 11.7 Å². The molecule has 9 nitrogen and oxygen atoms in total. The Labute approximate surface area is 206 Å². The molecule has 3 heterocycles. The van der Waals surface area contributed by atoms with E-state index in [1.54, 1.807) is 0 Å². The molecule has 1 unspecified atom stereocenters. The second-order valence-electron chi connectivity index (χ2n) is 10.2. The van der Waals surface area contributed by atoms with E-state index in [0.717, 1.165) is 4.90 Å². The molecule has 1 N–H and O–H groups in total. The van der Waals surface area contributed by atoms with Crippen LogP contribution >= 0.6 is 0 Å². The maximum atomic E-state index is 14.9. The average molecular weight is 519 g/mol. The molecule has 2 aliphatic rings. The molecule has 1 aromatic heterocycles. The molecule has 0 saturated carbocycles. The number of halogens is 4. The Bertz CT molecular complexity index is 1020. The van der Waals surface area contributed by atoms with Gasteiger partial charge in [0.2, 0.25) is 11.5 Å². The second-order valence-corrected chi connectivity index (χ2v) is 10.2. The van der Waals surface area contributed by atoms with Gasteiger partial charge < -0.3 is 29.0 Å². The van der Waals surface area contributed by atoms with Crippen molar-refractivity contribution in [3.8, 4) is 5.88 Å². The zero-order valence-corrected chi connectivity index (χ0v) is 21.1. The predicted molar refractivity (Wildman–Crippen MR) is 121 cm³/mol. The summed E-state index contributed by atoms with van der Waals surface area (Å²) in [6.45, 7) is 6.48. The number of hydrogen-bond donors (Lipinski definition) is 1. The van der Waals surface area contributed by atoms with Crippen LogP contribution in [-0.2, 0) is 14.1 Å². The summed E-state index contributed by atoms with van der Waals surface area (Å²) in [5, 5.41) is 9.69. The van der Waals surface area contributed by atoms with Gasteiger partial charge in [-0.25, -0.2) is 9.37 Å². The van der Waals surface area contributed by atoms with Gasteiger partial charge in [0.25, 0.3) is 11.8 Å². The number of amides is 2. The molecule has 0 spiro atoms. The molecule has 36 heavy (non-hydrogen) atoms. The molecule has 0 bridgehead atoms. The Hall–Kier alpha value is -2.45. The first kappa shape index (κ1) is 28.1.